The molecular weight excluding hydrogens is 316 g/mol. The van der Waals surface area contributed by atoms with Crippen molar-refractivity contribution in [2.75, 3.05) is 0 Å². The van der Waals surface area contributed by atoms with E-state index in [0.717, 1.165) is 23.5 Å². The number of benzene rings is 1. The summed E-state index contributed by atoms with van der Waals surface area (Å²) < 4.78 is 50.7. The highest BCUT2D eigenvalue weighted by Gasteiger charge is 2.30. The molecule has 0 fully saturated rings. The van der Waals surface area contributed by atoms with Crippen LogP contribution in [0.5, 0.6) is 0 Å². The average Bonchev–Trinajstić information content (AvgIpc) is 2.74. The van der Waals surface area contributed by atoms with Crippen molar-refractivity contribution in [2.45, 2.75) is 31.3 Å². The van der Waals surface area contributed by atoms with E-state index in [1.807, 2.05) is 0 Å². The van der Waals surface area contributed by atoms with Gasteiger partial charge in [0, 0.05) is 5.38 Å². The molecule has 0 spiro atoms. The minimum absolute atomic E-state index is 0.120. The zero-order chi connectivity index (χ0) is 15.8. The second-order valence-electron chi connectivity index (χ2n) is 5.59. The quantitative estimate of drug-likeness (QED) is 0.859. The molecule has 0 radical (unpaired) electrons. The second-order valence-corrected chi connectivity index (χ2v) is 9.28. The number of hydrogen-bond donors (Lipinski definition) is 0. The Balaban J connectivity index is 2.36. The Hall–Kier alpha value is -1.34. The Bertz CT molecular complexity index is 741. The number of nitrogens with zero attached hydrogens (tertiary/aromatic N) is 1. The van der Waals surface area contributed by atoms with Crippen molar-refractivity contribution in [3.8, 4) is 11.3 Å². The van der Waals surface area contributed by atoms with E-state index >= 15 is 0 Å². The van der Waals surface area contributed by atoms with Gasteiger partial charge in [0.15, 0.2) is 9.84 Å². The summed E-state index contributed by atoms with van der Waals surface area (Å²) in [5, 5.41) is 1.79. The van der Waals surface area contributed by atoms with Crippen LogP contribution in [0.1, 0.15) is 25.8 Å². The molecule has 0 saturated carbocycles. The lowest BCUT2D eigenvalue weighted by molar-refractivity contribution is 0.559. The van der Waals surface area contributed by atoms with Crippen molar-refractivity contribution >= 4 is 21.2 Å². The molecule has 0 atom stereocenters. The third-order valence-corrected chi connectivity index (χ3v) is 6.57. The van der Waals surface area contributed by atoms with Crippen LogP contribution in [0.15, 0.2) is 23.6 Å². The summed E-state index contributed by atoms with van der Waals surface area (Å²) in [5.74, 6) is -1.67. The normalized spacial score (nSPS) is 12.6. The third kappa shape index (κ3) is 3.29. The molecule has 0 aliphatic rings. The van der Waals surface area contributed by atoms with E-state index < -0.39 is 26.2 Å². The summed E-state index contributed by atoms with van der Waals surface area (Å²) in [4.78, 5) is 4.06. The molecule has 0 saturated heterocycles. The van der Waals surface area contributed by atoms with Gasteiger partial charge in [-0.1, -0.05) is 6.07 Å². The SMILES string of the molecule is CC(C)(C)S(=O)(=O)Cc1nc(-c2c(F)cccc2F)cs1. The number of aromatic nitrogens is 1. The van der Waals surface area contributed by atoms with E-state index in [9.17, 15) is 17.2 Å². The summed E-state index contributed by atoms with van der Waals surface area (Å²) in [5.41, 5.74) is -0.108. The molecule has 1 heterocycles. The highest BCUT2D eigenvalue weighted by Crippen LogP contribution is 2.29. The van der Waals surface area contributed by atoms with Gasteiger partial charge in [-0.3, -0.25) is 0 Å². The lowest BCUT2D eigenvalue weighted by Crippen LogP contribution is -2.29. The minimum atomic E-state index is -3.38. The van der Waals surface area contributed by atoms with E-state index in [4.69, 9.17) is 0 Å². The van der Waals surface area contributed by atoms with Crippen LogP contribution < -0.4 is 0 Å². The summed E-state index contributed by atoms with van der Waals surface area (Å²) >= 11 is 1.08. The molecule has 0 bridgehead atoms. The fourth-order valence-corrected chi connectivity index (χ4v) is 3.74. The zero-order valence-electron chi connectivity index (χ0n) is 11.9. The van der Waals surface area contributed by atoms with Crippen molar-refractivity contribution in [1.29, 1.82) is 0 Å². The van der Waals surface area contributed by atoms with Gasteiger partial charge in [-0.15, -0.1) is 11.3 Å². The van der Waals surface area contributed by atoms with Crippen LogP contribution >= 0.6 is 11.3 Å². The molecule has 0 unspecified atom stereocenters. The Kier molecular flexibility index (Phi) is 4.17. The lowest BCUT2D eigenvalue weighted by Gasteiger charge is -2.17. The van der Waals surface area contributed by atoms with Gasteiger partial charge < -0.3 is 0 Å². The van der Waals surface area contributed by atoms with Crippen LogP contribution in [0.3, 0.4) is 0 Å². The largest absolute Gasteiger partial charge is 0.240 e. The number of rotatable bonds is 3. The Morgan fingerprint density at radius 3 is 2.29 bits per heavy atom. The minimum Gasteiger partial charge on any atom is -0.240 e. The van der Waals surface area contributed by atoms with Crippen LogP contribution in [-0.4, -0.2) is 18.1 Å². The number of halogens is 2. The highest BCUT2D eigenvalue weighted by atomic mass is 32.2. The predicted molar refractivity (Wildman–Crippen MR) is 79.8 cm³/mol. The lowest BCUT2D eigenvalue weighted by atomic mass is 10.1. The maximum Gasteiger partial charge on any atom is 0.161 e. The standard InChI is InChI=1S/C14H15F2NO2S2/c1-14(2,3)21(18,19)8-12-17-11(7-20-12)13-9(15)5-4-6-10(13)16/h4-7H,8H2,1-3H3. The topological polar surface area (TPSA) is 47.0 Å². The van der Waals surface area contributed by atoms with Crippen molar-refractivity contribution in [3.63, 3.8) is 0 Å². The number of sulfone groups is 1. The van der Waals surface area contributed by atoms with Gasteiger partial charge in [-0.25, -0.2) is 22.2 Å². The Morgan fingerprint density at radius 1 is 1.19 bits per heavy atom. The Morgan fingerprint density at radius 2 is 1.76 bits per heavy atom. The van der Waals surface area contributed by atoms with Gasteiger partial charge in [0.25, 0.3) is 0 Å². The van der Waals surface area contributed by atoms with Gasteiger partial charge in [0.05, 0.1) is 16.0 Å². The second kappa shape index (κ2) is 5.46. The van der Waals surface area contributed by atoms with Gasteiger partial charge in [-0.05, 0) is 32.9 Å². The third-order valence-electron chi connectivity index (χ3n) is 3.02. The average molecular weight is 331 g/mol. The molecule has 3 nitrogen and oxygen atoms in total. The molecule has 0 aliphatic carbocycles. The smallest absolute Gasteiger partial charge is 0.161 e. The number of hydrogen-bond acceptors (Lipinski definition) is 4. The van der Waals surface area contributed by atoms with E-state index in [-0.39, 0.29) is 17.0 Å². The first kappa shape index (κ1) is 16.0. The monoisotopic (exact) mass is 331 g/mol. The molecule has 2 rings (SSSR count). The van der Waals surface area contributed by atoms with Crippen LogP contribution in [0, 0.1) is 11.6 Å². The van der Waals surface area contributed by atoms with E-state index in [1.165, 1.54) is 11.4 Å². The molecule has 21 heavy (non-hydrogen) atoms. The first-order chi connectivity index (χ1) is 9.62. The van der Waals surface area contributed by atoms with Gasteiger partial charge in [0.1, 0.15) is 22.4 Å². The Labute approximate surface area is 126 Å². The van der Waals surface area contributed by atoms with E-state index in [0.29, 0.717) is 5.01 Å². The number of thiazole rings is 1. The van der Waals surface area contributed by atoms with Crippen LogP contribution in [-0.2, 0) is 15.6 Å². The predicted octanol–water partition coefficient (Wildman–Crippen LogP) is 3.80. The molecule has 0 aliphatic heterocycles. The maximum absolute atomic E-state index is 13.7. The molecular formula is C14H15F2NO2S2. The molecule has 0 amide bonds. The zero-order valence-corrected chi connectivity index (χ0v) is 13.5. The summed E-state index contributed by atoms with van der Waals surface area (Å²) in [6.45, 7) is 4.81. The van der Waals surface area contributed by atoms with Gasteiger partial charge in [0.2, 0.25) is 0 Å². The first-order valence-corrected chi connectivity index (χ1v) is 8.76. The van der Waals surface area contributed by atoms with Crippen LogP contribution in [0.25, 0.3) is 11.3 Å². The molecule has 2 aromatic rings. The van der Waals surface area contributed by atoms with Crippen molar-refractivity contribution in [2.24, 2.45) is 0 Å². The molecule has 7 heteroatoms. The fraction of sp³-hybridized carbons (Fsp3) is 0.357. The molecule has 1 aromatic carbocycles. The summed E-state index contributed by atoms with van der Waals surface area (Å²) in [6.07, 6.45) is 0. The van der Waals surface area contributed by atoms with Gasteiger partial charge >= 0.3 is 0 Å². The highest BCUT2D eigenvalue weighted by molar-refractivity contribution is 7.92. The van der Waals surface area contributed by atoms with Gasteiger partial charge in [-0.2, -0.15) is 0 Å². The molecule has 114 valence electrons. The maximum atomic E-state index is 13.7. The van der Waals surface area contributed by atoms with Crippen LogP contribution in [0.4, 0.5) is 8.78 Å². The van der Waals surface area contributed by atoms with Crippen LogP contribution in [0.2, 0.25) is 0 Å². The first-order valence-electron chi connectivity index (χ1n) is 6.23. The van der Waals surface area contributed by atoms with Crippen molar-refractivity contribution in [3.05, 3.63) is 40.2 Å². The van der Waals surface area contributed by atoms with E-state index in [1.54, 1.807) is 20.8 Å². The van der Waals surface area contributed by atoms with Crippen molar-refractivity contribution in [1.82, 2.24) is 4.98 Å². The molecule has 1 aromatic heterocycles. The fourth-order valence-electron chi connectivity index (χ4n) is 1.61. The van der Waals surface area contributed by atoms with E-state index in [2.05, 4.69) is 4.98 Å². The van der Waals surface area contributed by atoms with Crippen molar-refractivity contribution < 1.29 is 17.2 Å². The summed E-state index contributed by atoms with van der Waals surface area (Å²) in [6, 6.07) is 3.55. The summed E-state index contributed by atoms with van der Waals surface area (Å²) in [7, 11) is -3.38. The molecule has 0 N–H and O–H groups in total.